The molecular weight excluding hydrogens is 439 g/mol. The normalized spacial score (nSPS) is 25.7. The highest BCUT2D eigenvalue weighted by Crippen LogP contribution is 2.67. The summed E-state index contributed by atoms with van der Waals surface area (Å²) in [5.41, 5.74) is 0.376. The highest BCUT2D eigenvalue weighted by molar-refractivity contribution is 8.15. The molecule has 3 atom stereocenters. The van der Waals surface area contributed by atoms with Gasteiger partial charge in [0.05, 0.1) is 41.2 Å². The first-order chi connectivity index (χ1) is 16.5. The van der Waals surface area contributed by atoms with Gasteiger partial charge in [-0.2, -0.15) is 5.26 Å². The topological polar surface area (TPSA) is 96.9 Å². The summed E-state index contributed by atoms with van der Waals surface area (Å²) in [5, 5.41) is 34.1. The van der Waals surface area contributed by atoms with E-state index in [0.29, 0.717) is 48.2 Å². The number of rotatable bonds is 8. The summed E-state index contributed by atoms with van der Waals surface area (Å²) in [6, 6.07) is 13.1. The van der Waals surface area contributed by atoms with Crippen molar-refractivity contribution in [3.8, 4) is 23.5 Å². The molecule has 1 radical (unpaired) electrons. The van der Waals surface area contributed by atoms with E-state index in [2.05, 4.69) is 6.07 Å². The average Bonchev–Trinajstić information content (AvgIpc) is 3.45. The fraction of sp³-hybridized carbons (Fsp3) is 0.375. The molecule has 0 saturated carbocycles. The molecule has 0 aliphatic carbocycles. The minimum Gasteiger partial charge on any atom is -0.494 e. The number of ether oxygens (including phenoxy) is 2. The van der Waals surface area contributed by atoms with Gasteiger partial charge in [0, 0.05) is 30.7 Å². The number of aromatic hydroxyl groups is 2. The van der Waals surface area contributed by atoms with E-state index in [1.54, 1.807) is 19.2 Å². The van der Waals surface area contributed by atoms with Gasteiger partial charge in [-0.15, -0.1) is 0 Å². The Morgan fingerprint density at radius 1 is 1.27 bits per heavy atom. The van der Waals surface area contributed by atoms with Crippen LogP contribution in [0.4, 0.5) is 0 Å². The fourth-order valence-electron chi connectivity index (χ4n) is 5.75. The van der Waals surface area contributed by atoms with Crippen molar-refractivity contribution in [1.29, 1.82) is 6.60 Å². The van der Waals surface area contributed by atoms with Gasteiger partial charge >= 0.3 is 0 Å². The molecule has 2 aliphatic rings. The molecule has 2 unspecified atom stereocenters. The first-order valence-electron chi connectivity index (χ1n) is 11.4. The second-order valence-electron chi connectivity index (χ2n) is 8.46. The molecule has 1 fully saturated rings. The third-order valence-corrected chi connectivity index (χ3v) is 7.44. The van der Waals surface area contributed by atoms with E-state index < -0.39 is 11.2 Å². The highest BCUT2D eigenvalue weighted by atomic mass is 32.2. The molecule has 2 aromatic carbocycles. The summed E-state index contributed by atoms with van der Waals surface area (Å²) in [6.45, 7) is 2.27. The zero-order valence-corrected chi connectivity index (χ0v) is 19.2. The van der Waals surface area contributed by atoms with Crippen molar-refractivity contribution < 1.29 is 23.9 Å². The molecule has 7 nitrogen and oxygen atoms in total. The van der Waals surface area contributed by atoms with Crippen molar-refractivity contribution in [3.63, 3.8) is 0 Å². The Bertz CT molecular complexity index is 1310. The summed E-state index contributed by atoms with van der Waals surface area (Å²) < 4.78 is 26.5. The van der Waals surface area contributed by atoms with Crippen molar-refractivity contribution >= 4 is 29.8 Å². The van der Waals surface area contributed by atoms with Crippen LogP contribution in [0.1, 0.15) is 42.9 Å². The lowest BCUT2D eigenvalue weighted by Gasteiger charge is -2.31. The van der Waals surface area contributed by atoms with Crippen molar-refractivity contribution in [2.45, 2.75) is 43.5 Å². The van der Waals surface area contributed by atoms with Gasteiger partial charge in [-0.1, -0.05) is 43.1 Å². The van der Waals surface area contributed by atoms with Gasteiger partial charge in [0.15, 0.2) is 0 Å². The van der Waals surface area contributed by atoms with Crippen LogP contribution in [0.25, 0.3) is 16.5 Å². The lowest BCUT2D eigenvalue weighted by molar-refractivity contribution is -0.125. The molecule has 33 heavy (non-hydrogen) atoms. The molecule has 0 spiro atoms. The lowest BCUT2D eigenvalue weighted by Crippen LogP contribution is -2.37. The van der Waals surface area contributed by atoms with E-state index in [9.17, 15) is 15.5 Å². The average molecular weight is 465 g/mol. The number of hydrogen-bond acceptors (Lipinski definition) is 7. The zero-order valence-electron chi connectivity index (χ0n) is 19.4. The van der Waals surface area contributed by atoms with E-state index in [0.717, 1.165) is 29.8 Å². The molecular formula is C24H24BN2O5S. The third kappa shape index (κ3) is 2.88. The smallest absolute Gasteiger partial charge is 0.209 e. The quantitative estimate of drug-likeness (QED) is 0.295. The summed E-state index contributed by atoms with van der Waals surface area (Å²) >= 11 is 0.933. The molecule has 169 valence electrons. The van der Waals surface area contributed by atoms with Gasteiger partial charge < -0.3 is 23.9 Å². The predicted molar refractivity (Wildman–Crippen MR) is 127 cm³/mol. The SMILES string of the molecule is [3H][B]SOCCC12C[C@H](OC)C(CC)(O1)c1c2c(O)n(-c2ccc(C#N)c3ccccc23)c1O. The fourth-order valence-corrected chi connectivity index (χ4v) is 5.93. The minimum absolute atomic E-state index is 0.0908. The van der Waals surface area contributed by atoms with Crippen molar-refractivity contribution in [2.75, 3.05) is 13.7 Å². The van der Waals surface area contributed by atoms with Crippen LogP contribution in [-0.2, 0) is 24.9 Å². The first-order valence-corrected chi connectivity index (χ1v) is 11.6. The Labute approximate surface area is 198 Å². The van der Waals surface area contributed by atoms with Gasteiger partial charge in [-0.25, -0.2) is 0 Å². The van der Waals surface area contributed by atoms with Crippen LogP contribution in [0.2, 0.25) is 0 Å². The van der Waals surface area contributed by atoms with Gasteiger partial charge in [-0.3, -0.25) is 4.57 Å². The number of methoxy groups -OCH3 is 1. The molecule has 2 aliphatic heterocycles. The Morgan fingerprint density at radius 3 is 2.73 bits per heavy atom. The van der Waals surface area contributed by atoms with Gasteiger partial charge in [0.25, 0.3) is 0 Å². The van der Waals surface area contributed by atoms with E-state index in [-0.39, 0.29) is 17.9 Å². The monoisotopic (exact) mass is 465 g/mol. The van der Waals surface area contributed by atoms with Crippen LogP contribution >= 0.6 is 11.9 Å². The molecule has 1 aromatic heterocycles. The largest absolute Gasteiger partial charge is 0.494 e. The molecule has 2 N–H and O–H groups in total. The minimum atomic E-state index is -0.909. The van der Waals surface area contributed by atoms with Crippen LogP contribution in [0.5, 0.6) is 11.8 Å². The highest BCUT2D eigenvalue weighted by Gasteiger charge is 2.67. The van der Waals surface area contributed by atoms with Crippen molar-refractivity contribution in [2.24, 2.45) is 0 Å². The van der Waals surface area contributed by atoms with Crippen molar-refractivity contribution in [1.82, 2.24) is 4.57 Å². The van der Waals surface area contributed by atoms with Crippen molar-refractivity contribution in [3.05, 3.63) is 53.1 Å². The number of benzene rings is 2. The van der Waals surface area contributed by atoms with Gasteiger partial charge in [0.1, 0.15) is 11.2 Å². The van der Waals surface area contributed by atoms with E-state index in [4.69, 9.17) is 15.0 Å². The maximum absolute atomic E-state index is 11.6. The Hall–Kier alpha value is -2.64. The Kier molecular flexibility index (Phi) is 5.07. The predicted octanol–water partition coefficient (Wildman–Crippen LogP) is 4.03. The number of fused-ring (bicyclic) bond motifs is 6. The molecule has 9 heteroatoms. The van der Waals surface area contributed by atoms with E-state index >= 15 is 0 Å². The van der Waals surface area contributed by atoms with Crippen LogP contribution in [-0.4, -0.2) is 43.0 Å². The van der Waals surface area contributed by atoms with Crippen LogP contribution in [0, 0.1) is 11.3 Å². The van der Waals surface area contributed by atoms with Gasteiger partial charge in [-0.05, 0) is 19.9 Å². The third-order valence-electron chi connectivity index (χ3n) is 7.14. The Balaban J connectivity index is 1.73. The second-order valence-corrected chi connectivity index (χ2v) is 8.89. The lowest BCUT2D eigenvalue weighted by atomic mass is 9.74. The maximum Gasteiger partial charge on any atom is 0.209 e. The number of hydrogen-bond donors (Lipinski definition) is 2. The molecule has 1 saturated heterocycles. The molecule has 3 aromatic rings. The van der Waals surface area contributed by atoms with E-state index in [1.807, 2.05) is 31.2 Å². The summed E-state index contributed by atoms with van der Waals surface area (Å²) in [6.07, 6.45) is 1.17. The van der Waals surface area contributed by atoms with Crippen LogP contribution in [0.3, 0.4) is 0 Å². The van der Waals surface area contributed by atoms with E-state index in [1.165, 1.54) is 4.57 Å². The molecule has 0 amide bonds. The first kappa shape index (κ1) is 20.9. The standard InChI is InChI=1S/C24H24BN2O5S/c1-3-24-18(30-2)12-23(32-24,10-11-31-33-25)19-20(24)22(29)27(21(19)28)17-9-8-14(13-26)15-6-4-5-7-16(15)17/h4-9,18,25,28-29H,3,10-12H2,1-2H3/t18-,23?,24?/m0/s1/i25T. The summed E-state index contributed by atoms with van der Waals surface area (Å²) in [7, 11) is 2.74. The van der Waals surface area contributed by atoms with Gasteiger partial charge in [0.2, 0.25) is 18.8 Å². The number of nitrogens with zero attached hydrogens (tertiary/aromatic N) is 2. The second kappa shape index (κ2) is 7.99. The molecule has 3 heterocycles. The summed E-state index contributed by atoms with van der Waals surface area (Å²) in [5.74, 6) is -0.186. The summed E-state index contributed by atoms with van der Waals surface area (Å²) in [4.78, 5) is 0. The Morgan fingerprint density at radius 2 is 2.03 bits per heavy atom. The number of nitriles is 1. The molecule has 2 bridgehead atoms. The van der Waals surface area contributed by atoms with Crippen LogP contribution in [0.15, 0.2) is 36.4 Å². The molecule has 5 rings (SSSR count). The maximum atomic E-state index is 11.6. The van der Waals surface area contributed by atoms with Crippen LogP contribution < -0.4 is 0 Å². The zero-order chi connectivity index (χ0) is 24.1. The number of aromatic nitrogens is 1.